The predicted molar refractivity (Wildman–Crippen MR) is 108 cm³/mol. The molecule has 1 amide bonds. The van der Waals surface area contributed by atoms with Crippen LogP contribution in [-0.4, -0.2) is 38.7 Å². The van der Waals surface area contributed by atoms with Crippen LogP contribution in [0.15, 0.2) is 48.8 Å². The fourth-order valence-electron chi connectivity index (χ4n) is 4.18. The third-order valence-corrected chi connectivity index (χ3v) is 5.98. The van der Waals surface area contributed by atoms with Crippen molar-refractivity contribution in [1.82, 2.24) is 19.7 Å². The summed E-state index contributed by atoms with van der Waals surface area (Å²) in [5, 5.41) is 8.33. The maximum Gasteiger partial charge on any atom is 0.225 e. The van der Waals surface area contributed by atoms with Crippen molar-refractivity contribution in [3.05, 3.63) is 60.4 Å². The number of nitrogens with zero attached hydrogens (tertiary/aromatic N) is 4. The fourth-order valence-corrected chi connectivity index (χ4v) is 4.18. The molecule has 0 bridgehead atoms. The molecule has 2 aliphatic rings. The van der Waals surface area contributed by atoms with Gasteiger partial charge in [-0.15, -0.1) is 10.2 Å². The van der Waals surface area contributed by atoms with Crippen LogP contribution in [-0.2, 0) is 11.3 Å². The van der Waals surface area contributed by atoms with Crippen molar-refractivity contribution in [3.63, 3.8) is 0 Å². The molecule has 0 radical (unpaired) electrons. The van der Waals surface area contributed by atoms with Gasteiger partial charge in [-0.3, -0.25) is 4.79 Å². The van der Waals surface area contributed by atoms with Crippen LogP contribution in [0.4, 0.5) is 8.78 Å². The molecular weight excluding hydrogens is 386 g/mol. The minimum atomic E-state index is -0.592. The highest BCUT2D eigenvalue weighted by Gasteiger charge is 2.36. The highest BCUT2D eigenvalue weighted by Crippen LogP contribution is 2.33. The van der Waals surface area contributed by atoms with E-state index in [9.17, 15) is 13.6 Å². The van der Waals surface area contributed by atoms with Gasteiger partial charge in [0.05, 0.1) is 0 Å². The molecule has 2 aromatic carbocycles. The molecule has 5 nitrogen and oxygen atoms in total. The smallest absolute Gasteiger partial charge is 0.225 e. The Morgan fingerprint density at radius 3 is 2.53 bits per heavy atom. The van der Waals surface area contributed by atoms with Gasteiger partial charge in [0.2, 0.25) is 5.91 Å². The van der Waals surface area contributed by atoms with Gasteiger partial charge in [0.1, 0.15) is 18.0 Å². The normalized spacial score (nSPS) is 18.7. The second kappa shape index (κ2) is 7.63. The molecule has 1 saturated carbocycles. The highest BCUT2D eigenvalue weighted by molar-refractivity contribution is 5.81. The lowest BCUT2D eigenvalue weighted by atomic mass is 10.0. The van der Waals surface area contributed by atoms with Crippen molar-refractivity contribution in [3.8, 4) is 22.5 Å². The van der Waals surface area contributed by atoms with Crippen molar-refractivity contribution in [2.75, 3.05) is 13.1 Å². The Kier molecular flexibility index (Phi) is 4.81. The summed E-state index contributed by atoms with van der Waals surface area (Å²) in [7, 11) is 0. The summed E-state index contributed by atoms with van der Waals surface area (Å²) in [6, 6.07) is 10.9. The molecule has 2 fully saturated rings. The maximum absolute atomic E-state index is 14.0. The summed E-state index contributed by atoms with van der Waals surface area (Å²) in [5.41, 5.74) is 1.91. The largest absolute Gasteiger partial charge is 0.342 e. The van der Waals surface area contributed by atoms with Crippen LogP contribution in [0, 0.1) is 23.5 Å². The number of carbonyl (C=O) groups is 1. The highest BCUT2D eigenvalue weighted by atomic mass is 19.1. The van der Waals surface area contributed by atoms with Gasteiger partial charge >= 0.3 is 0 Å². The summed E-state index contributed by atoms with van der Waals surface area (Å²) in [6.45, 7) is 2.37. The van der Waals surface area contributed by atoms with Crippen molar-refractivity contribution < 1.29 is 13.6 Å². The second-order valence-electron chi connectivity index (χ2n) is 8.22. The molecule has 0 N–H and O–H groups in total. The molecule has 1 aromatic heterocycles. The summed E-state index contributed by atoms with van der Waals surface area (Å²) in [4.78, 5) is 14.3. The van der Waals surface area contributed by atoms with Gasteiger partial charge < -0.3 is 9.47 Å². The van der Waals surface area contributed by atoms with Crippen LogP contribution in [0.5, 0.6) is 0 Å². The van der Waals surface area contributed by atoms with Gasteiger partial charge in [0, 0.05) is 42.7 Å². The lowest BCUT2D eigenvalue weighted by molar-refractivity contribution is -0.131. The van der Waals surface area contributed by atoms with Gasteiger partial charge in [0.25, 0.3) is 0 Å². The first-order valence-corrected chi connectivity index (χ1v) is 10.3. The predicted octanol–water partition coefficient (Wildman–Crippen LogP) is 4.15. The van der Waals surface area contributed by atoms with Crippen LogP contribution in [0.25, 0.3) is 22.5 Å². The lowest BCUT2D eigenvalue weighted by Crippen LogP contribution is -2.30. The number of aromatic nitrogens is 3. The number of likely N-dealkylation sites (tertiary alicyclic amines) is 1. The molecule has 1 aliphatic carbocycles. The minimum Gasteiger partial charge on any atom is -0.342 e. The van der Waals surface area contributed by atoms with E-state index in [0.29, 0.717) is 23.0 Å². The first-order chi connectivity index (χ1) is 14.6. The van der Waals surface area contributed by atoms with Crippen LogP contribution in [0.2, 0.25) is 0 Å². The second-order valence-corrected chi connectivity index (χ2v) is 8.22. The van der Waals surface area contributed by atoms with Crippen molar-refractivity contribution in [2.24, 2.45) is 11.8 Å². The van der Waals surface area contributed by atoms with Crippen LogP contribution < -0.4 is 0 Å². The van der Waals surface area contributed by atoms with E-state index in [1.165, 1.54) is 12.1 Å². The van der Waals surface area contributed by atoms with Crippen molar-refractivity contribution >= 4 is 5.91 Å². The monoisotopic (exact) mass is 408 g/mol. The van der Waals surface area contributed by atoms with Crippen LogP contribution >= 0.6 is 0 Å². The molecule has 0 spiro atoms. The van der Waals surface area contributed by atoms with Gasteiger partial charge in [-0.1, -0.05) is 24.3 Å². The topological polar surface area (TPSA) is 51.0 Å². The van der Waals surface area contributed by atoms with E-state index in [1.807, 2.05) is 21.6 Å². The summed E-state index contributed by atoms with van der Waals surface area (Å²) < 4.78 is 29.2. The Bertz CT molecular complexity index is 1080. The molecule has 0 unspecified atom stereocenters. The lowest BCUT2D eigenvalue weighted by Gasteiger charge is -2.17. The number of hydrogen-bond acceptors (Lipinski definition) is 3. The molecule has 7 heteroatoms. The minimum absolute atomic E-state index is 0.263. The molecule has 1 saturated heterocycles. The van der Waals surface area contributed by atoms with E-state index < -0.39 is 11.6 Å². The molecule has 30 heavy (non-hydrogen) atoms. The molecule has 2 heterocycles. The molecule has 154 valence electrons. The zero-order valence-corrected chi connectivity index (χ0v) is 16.5. The summed E-state index contributed by atoms with van der Waals surface area (Å²) >= 11 is 0. The summed E-state index contributed by atoms with van der Waals surface area (Å²) in [5.74, 6) is 0.523. The van der Waals surface area contributed by atoms with E-state index in [2.05, 4.69) is 10.2 Å². The zero-order valence-electron chi connectivity index (χ0n) is 16.5. The molecular formula is C23H22F2N4O. The van der Waals surface area contributed by atoms with Crippen molar-refractivity contribution in [2.45, 2.75) is 25.8 Å². The zero-order chi connectivity index (χ0) is 20.7. The molecule has 1 aliphatic heterocycles. The Labute approximate surface area is 173 Å². The number of amides is 1. The SMILES string of the molecule is O=C(C1CC1)N1CC[C@H](Cn2cnnc2-c2ccc(-c3ccc(F)cc3F)cc2)C1. The number of carbonyl (C=O) groups excluding carboxylic acids is 1. The Hall–Kier alpha value is -3.09. The molecule has 3 aromatic rings. The summed E-state index contributed by atoms with van der Waals surface area (Å²) in [6.07, 6.45) is 4.77. The quantitative estimate of drug-likeness (QED) is 0.637. The third kappa shape index (κ3) is 3.72. The third-order valence-electron chi connectivity index (χ3n) is 5.98. The maximum atomic E-state index is 14.0. The van der Waals surface area contributed by atoms with Gasteiger partial charge in [0.15, 0.2) is 5.82 Å². The molecule has 5 rings (SSSR count). The van der Waals surface area contributed by atoms with Crippen molar-refractivity contribution in [1.29, 1.82) is 0 Å². The fraction of sp³-hybridized carbons (Fsp3) is 0.348. The van der Waals surface area contributed by atoms with E-state index in [-0.39, 0.29) is 5.92 Å². The van der Waals surface area contributed by atoms with E-state index in [4.69, 9.17) is 0 Å². The number of rotatable bonds is 5. The van der Waals surface area contributed by atoms with Gasteiger partial charge in [-0.05, 0) is 42.9 Å². The van der Waals surface area contributed by atoms with E-state index in [1.54, 1.807) is 18.5 Å². The number of halogens is 2. The number of hydrogen-bond donors (Lipinski definition) is 0. The first-order valence-electron chi connectivity index (χ1n) is 10.3. The van der Waals surface area contributed by atoms with E-state index in [0.717, 1.165) is 56.4 Å². The Morgan fingerprint density at radius 1 is 1.03 bits per heavy atom. The Balaban J connectivity index is 1.30. The average Bonchev–Trinajstić information content (AvgIpc) is 3.32. The Morgan fingerprint density at radius 2 is 1.80 bits per heavy atom. The van der Waals surface area contributed by atoms with Gasteiger partial charge in [-0.2, -0.15) is 0 Å². The van der Waals surface area contributed by atoms with Gasteiger partial charge in [-0.25, -0.2) is 8.78 Å². The first kappa shape index (κ1) is 18.9. The standard InChI is InChI=1S/C23H22F2N4O/c24-19-7-8-20(21(25)11-19)16-1-3-17(4-2-16)22-27-26-14-29(22)13-15-9-10-28(12-15)23(30)18-5-6-18/h1-4,7-8,11,14-15,18H,5-6,9-10,12-13H2/t15-/m0/s1. The molecule has 1 atom stereocenters. The average molecular weight is 408 g/mol. The van der Waals surface area contributed by atoms with E-state index >= 15 is 0 Å². The van der Waals surface area contributed by atoms with Crippen LogP contribution in [0.1, 0.15) is 19.3 Å². The number of benzene rings is 2. The van der Waals surface area contributed by atoms with Crippen LogP contribution in [0.3, 0.4) is 0 Å².